The first-order valence-electron chi connectivity index (χ1n) is 8.90. The lowest BCUT2D eigenvalue weighted by Gasteiger charge is -2.14. The summed E-state index contributed by atoms with van der Waals surface area (Å²) in [6.45, 7) is 11.2. The molecule has 0 bridgehead atoms. The lowest BCUT2D eigenvalue weighted by atomic mass is 10.2. The summed E-state index contributed by atoms with van der Waals surface area (Å²) in [5.41, 5.74) is 1.90. The van der Waals surface area contributed by atoms with Crippen LogP contribution in [0.3, 0.4) is 0 Å². The Balaban J connectivity index is 2.17. The monoisotopic (exact) mass is 410 g/mol. The second-order valence-corrected chi connectivity index (χ2v) is 6.87. The number of hydrogen-bond donors (Lipinski definition) is 1. The zero-order valence-corrected chi connectivity index (χ0v) is 16.9. The minimum Gasteiger partial charge on any atom is -0.491 e. The topological polar surface area (TPSA) is 59.4 Å². The van der Waals surface area contributed by atoms with Crippen LogP contribution in [0.15, 0.2) is 60.2 Å². The lowest BCUT2D eigenvalue weighted by Crippen LogP contribution is -2.06. The molecule has 148 valence electrons. The Kier molecular flexibility index (Phi) is 6.24. The van der Waals surface area contributed by atoms with Crippen molar-refractivity contribution in [2.24, 2.45) is 4.99 Å². The molecule has 0 fully saturated rings. The smallest absolute Gasteiger partial charge is 0.163 e. The van der Waals surface area contributed by atoms with Gasteiger partial charge in [0.2, 0.25) is 0 Å². The second kappa shape index (κ2) is 8.84. The molecule has 0 amide bonds. The maximum Gasteiger partial charge on any atom is 0.163 e. The van der Waals surface area contributed by atoms with Gasteiger partial charge < -0.3 is 10.1 Å². The second-order valence-electron chi connectivity index (χ2n) is 6.47. The van der Waals surface area contributed by atoms with E-state index in [1.807, 2.05) is 32.0 Å². The highest BCUT2D eigenvalue weighted by Gasteiger charge is 2.13. The van der Waals surface area contributed by atoms with Crippen molar-refractivity contribution in [2.45, 2.75) is 20.0 Å². The van der Waals surface area contributed by atoms with Gasteiger partial charge in [-0.25, -0.2) is 14.4 Å². The molecule has 0 aliphatic heterocycles. The number of allylic oxidation sites excluding steroid dienone is 2. The van der Waals surface area contributed by atoms with Crippen molar-refractivity contribution >= 4 is 46.3 Å². The summed E-state index contributed by atoms with van der Waals surface area (Å²) >= 11 is 5.92. The van der Waals surface area contributed by atoms with E-state index in [1.165, 1.54) is 18.3 Å². The van der Waals surface area contributed by atoms with Gasteiger partial charge in [0.05, 0.1) is 16.6 Å². The molecule has 1 N–H and O–H groups in total. The molecular weight excluding hydrogens is 391 g/mol. The molecule has 0 unspecified atom stereocenters. The van der Waals surface area contributed by atoms with Crippen LogP contribution in [-0.4, -0.2) is 22.8 Å². The minimum atomic E-state index is -0.494. The van der Waals surface area contributed by atoms with Crippen molar-refractivity contribution in [3.8, 4) is 5.75 Å². The molecule has 0 spiro atoms. The molecule has 3 rings (SSSR count). The highest BCUT2D eigenvalue weighted by molar-refractivity contribution is 6.31. The van der Waals surface area contributed by atoms with Gasteiger partial charge in [-0.2, -0.15) is 0 Å². The van der Waals surface area contributed by atoms with Crippen molar-refractivity contribution < 1.29 is 9.13 Å². The maximum atomic E-state index is 13.5. The van der Waals surface area contributed by atoms with Crippen LogP contribution >= 0.6 is 11.6 Å². The number of aliphatic imine (C=N–C) groups is 1. The van der Waals surface area contributed by atoms with E-state index in [1.54, 1.807) is 12.1 Å². The van der Waals surface area contributed by atoms with Crippen molar-refractivity contribution in [2.75, 3.05) is 5.32 Å². The van der Waals surface area contributed by atoms with E-state index >= 15 is 0 Å². The first-order chi connectivity index (χ1) is 13.9. The van der Waals surface area contributed by atoms with Crippen LogP contribution in [0.25, 0.3) is 16.5 Å². The average Bonchev–Trinajstić information content (AvgIpc) is 2.68. The van der Waals surface area contributed by atoms with Gasteiger partial charge in [-0.3, -0.25) is 4.99 Å². The van der Waals surface area contributed by atoms with Crippen molar-refractivity contribution in [1.82, 2.24) is 9.97 Å². The predicted molar refractivity (Wildman–Crippen MR) is 118 cm³/mol. The number of benzene rings is 2. The Bertz CT molecular complexity index is 1110. The quantitative estimate of drug-likeness (QED) is 0.373. The Labute approximate surface area is 173 Å². The van der Waals surface area contributed by atoms with Crippen LogP contribution in [0.4, 0.5) is 15.9 Å². The number of anilines is 2. The highest BCUT2D eigenvalue weighted by atomic mass is 35.5. The third-order valence-electron chi connectivity index (χ3n) is 3.93. The Morgan fingerprint density at radius 1 is 1.24 bits per heavy atom. The van der Waals surface area contributed by atoms with E-state index < -0.39 is 5.82 Å². The van der Waals surface area contributed by atoms with E-state index in [-0.39, 0.29) is 11.1 Å². The first-order valence-corrected chi connectivity index (χ1v) is 9.28. The fourth-order valence-electron chi connectivity index (χ4n) is 2.69. The van der Waals surface area contributed by atoms with Crippen LogP contribution in [0.2, 0.25) is 5.02 Å². The van der Waals surface area contributed by atoms with E-state index in [9.17, 15) is 4.39 Å². The molecular formula is C22H20ClFN4O. The van der Waals surface area contributed by atoms with Crippen LogP contribution in [0.5, 0.6) is 5.75 Å². The van der Waals surface area contributed by atoms with Gasteiger partial charge in [-0.15, -0.1) is 0 Å². The Morgan fingerprint density at radius 2 is 2.03 bits per heavy atom. The van der Waals surface area contributed by atoms with Gasteiger partial charge >= 0.3 is 0 Å². The van der Waals surface area contributed by atoms with Crippen LogP contribution in [-0.2, 0) is 0 Å². The summed E-state index contributed by atoms with van der Waals surface area (Å²) in [6.07, 6.45) is 3.15. The third-order valence-corrected chi connectivity index (χ3v) is 4.22. The summed E-state index contributed by atoms with van der Waals surface area (Å²) in [5.74, 6) is 1.13. The van der Waals surface area contributed by atoms with Crippen LogP contribution in [0.1, 0.15) is 19.7 Å². The highest BCUT2D eigenvalue weighted by Crippen LogP contribution is 2.30. The molecule has 2 aromatic carbocycles. The average molecular weight is 411 g/mol. The number of halogens is 2. The Hall–Kier alpha value is -3.25. The van der Waals surface area contributed by atoms with Gasteiger partial charge in [0.15, 0.2) is 5.82 Å². The third kappa shape index (κ3) is 4.78. The van der Waals surface area contributed by atoms with E-state index in [4.69, 9.17) is 16.3 Å². The Morgan fingerprint density at radius 3 is 2.69 bits per heavy atom. The molecule has 0 aliphatic carbocycles. The fraction of sp³-hybridized carbons (Fsp3) is 0.136. The van der Waals surface area contributed by atoms with Crippen LogP contribution in [0, 0.1) is 5.82 Å². The number of ether oxygens (including phenoxy) is 1. The van der Waals surface area contributed by atoms with E-state index in [0.29, 0.717) is 34.2 Å². The van der Waals surface area contributed by atoms with Gasteiger partial charge in [-0.05, 0) is 57.0 Å². The maximum absolute atomic E-state index is 13.5. The molecule has 0 aliphatic rings. The molecule has 3 aromatic rings. The fourth-order valence-corrected chi connectivity index (χ4v) is 2.87. The summed E-state index contributed by atoms with van der Waals surface area (Å²) in [6, 6.07) is 9.92. The molecule has 7 heteroatoms. The summed E-state index contributed by atoms with van der Waals surface area (Å²) in [4.78, 5) is 13.0. The lowest BCUT2D eigenvalue weighted by molar-refractivity contribution is 0.243. The first kappa shape index (κ1) is 20.5. The summed E-state index contributed by atoms with van der Waals surface area (Å²) in [5, 5.41) is 3.94. The number of fused-ring (bicyclic) bond motifs is 1. The molecule has 1 aromatic heterocycles. The molecule has 0 atom stereocenters. The van der Waals surface area contributed by atoms with Crippen molar-refractivity contribution in [3.05, 3.63) is 71.9 Å². The molecule has 29 heavy (non-hydrogen) atoms. The minimum absolute atomic E-state index is 0.0138. The predicted octanol–water partition coefficient (Wildman–Crippen LogP) is 6.18. The number of nitrogens with one attached hydrogen (secondary N) is 1. The SMILES string of the molecule is C=C/C(=C\N=C)c1nc(Nc2ccc(F)c(Cl)c2)c2cc(OC(C)C)ccc2n1. The summed E-state index contributed by atoms with van der Waals surface area (Å²) < 4.78 is 19.3. The zero-order chi connectivity index (χ0) is 21.0. The largest absolute Gasteiger partial charge is 0.491 e. The standard InChI is InChI=1S/C22H20ClFN4O/c1-5-14(12-25-4)21-27-20-9-7-16(29-13(2)3)11-17(20)22(28-21)26-15-6-8-19(24)18(23)10-15/h5-13H,1,4H2,2-3H3,(H,26,27,28)/b14-12+. The molecule has 5 nitrogen and oxygen atoms in total. The van der Waals surface area contributed by atoms with E-state index in [2.05, 4.69) is 33.6 Å². The molecule has 0 saturated heterocycles. The van der Waals surface area contributed by atoms with Crippen molar-refractivity contribution in [3.63, 3.8) is 0 Å². The van der Waals surface area contributed by atoms with E-state index in [0.717, 1.165) is 5.39 Å². The molecule has 0 saturated carbocycles. The van der Waals surface area contributed by atoms with Gasteiger partial charge in [0.1, 0.15) is 17.4 Å². The zero-order valence-electron chi connectivity index (χ0n) is 16.1. The number of rotatable bonds is 7. The van der Waals surface area contributed by atoms with Crippen molar-refractivity contribution in [1.29, 1.82) is 0 Å². The molecule has 1 heterocycles. The van der Waals surface area contributed by atoms with Crippen LogP contribution < -0.4 is 10.1 Å². The normalized spacial score (nSPS) is 11.6. The number of aromatic nitrogens is 2. The number of nitrogens with zero attached hydrogens (tertiary/aromatic N) is 3. The van der Waals surface area contributed by atoms with Gasteiger partial charge in [0, 0.05) is 22.8 Å². The number of hydrogen-bond acceptors (Lipinski definition) is 5. The summed E-state index contributed by atoms with van der Waals surface area (Å²) in [7, 11) is 0. The van der Waals surface area contributed by atoms with Gasteiger partial charge in [-0.1, -0.05) is 24.3 Å². The van der Waals surface area contributed by atoms with Gasteiger partial charge in [0.25, 0.3) is 0 Å². The molecule has 0 radical (unpaired) electrons.